The summed E-state index contributed by atoms with van der Waals surface area (Å²) in [6, 6.07) is 5.39. The Kier molecular flexibility index (Phi) is 3.97. The van der Waals surface area contributed by atoms with Crippen molar-refractivity contribution in [1.82, 2.24) is 0 Å². The molecule has 0 atom stereocenters. The third-order valence-corrected chi connectivity index (χ3v) is 2.98. The van der Waals surface area contributed by atoms with Crippen LogP contribution in [0.3, 0.4) is 0 Å². The van der Waals surface area contributed by atoms with E-state index in [9.17, 15) is 22.4 Å². The minimum atomic E-state index is -2.01. The van der Waals surface area contributed by atoms with Crippen LogP contribution in [0.5, 0.6) is 0 Å². The van der Waals surface area contributed by atoms with E-state index in [4.69, 9.17) is 0 Å². The van der Waals surface area contributed by atoms with Gasteiger partial charge in [-0.15, -0.1) is 0 Å². The normalized spacial score (nSPS) is 10.6. The second-order valence-electron chi connectivity index (χ2n) is 4.62. The third kappa shape index (κ3) is 2.89. The summed E-state index contributed by atoms with van der Waals surface area (Å²) in [6.45, 7) is 3.56. The zero-order chi connectivity index (χ0) is 15.7. The molecule has 2 rings (SSSR count). The summed E-state index contributed by atoms with van der Waals surface area (Å²) in [5.41, 5.74) is 1.13. The third-order valence-electron chi connectivity index (χ3n) is 2.98. The number of benzene rings is 2. The van der Waals surface area contributed by atoms with Crippen LogP contribution in [0.2, 0.25) is 0 Å². The van der Waals surface area contributed by atoms with Crippen LogP contribution in [0.25, 0.3) is 0 Å². The van der Waals surface area contributed by atoms with Crippen molar-refractivity contribution in [2.45, 2.75) is 13.8 Å². The maximum atomic E-state index is 13.5. The fraction of sp³-hybridized carbons (Fsp3) is 0.133. The van der Waals surface area contributed by atoms with Gasteiger partial charge in [-0.1, -0.05) is 17.7 Å². The summed E-state index contributed by atoms with van der Waals surface area (Å²) >= 11 is 0. The van der Waals surface area contributed by atoms with Gasteiger partial charge in [-0.3, -0.25) is 4.79 Å². The molecule has 2 nitrogen and oxygen atoms in total. The smallest absolute Gasteiger partial charge is 0.258 e. The molecule has 0 unspecified atom stereocenters. The number of nitrogens with one attached hydrogen (secondary N) is 1. The molecule has 0 fully saturated rings. The fourth-order valence-corrected chi connectivity index (χ4v) is 1.88. The molecule has 0 saturated carbocycles. The molecule has 0 aliphatic carbocycles. The van der Waals surface area contributed by atoms with Gasteiger partial charge in [0, 0.05) is 5.69 Å². The molecule has 2 aromatic carbocycles. The Morgan fingerprint density at radius 1 is 0.952 bits per heavy atom. The highest BCUT2D eigenvalue weighted by Gasteiger charge is 2.23. The number of carbonyl (C=O) groups excluding carboxylic acids is 1. The molecular weight excluding hydrogens is 286 g/mol. The lowest BCUT2D eigenvalue weighted by atomic mass is 10.1. The first-order valence-corrected chi connectivity index (χ1v) is 6.03. The van der Waals surface area contributed by atoms with Gasteiger partial charge in [0.25, 0.3) is 5.91 Å². The van der Waals surface area contributed by atoms with E-state index >= 15 is 0 Å². The van der Waals surface area contributed by atoms with Crippen LogP contribution in [0, 0.1) is 37.1 Å². The Morgan fingerprint density at radius 2 is 1.62 bits per heavy atom. The molecule has 1 amide bonds. The number of aryl methyl sites for hydroxylation is 2. The van der Waals surface area contributed by atoms with E-state index in [0.29, 0.717) is 17.3 Å². The van der Waals surface area contributed by atoms with E-state index in [1.54, 1.807) is 25.1 Å². The van der Waals surface area contributed by atoms with Crippen molar-refractivity contribution >= 4 is 11.6 Å². The maximum absolute atomic E-state index is 13.5. The van der Waals surface area contributed by atoms with Gasteiger partial charge in [0.15, 0.2) is 23.3 Å². The molecule has 0 aromatic heterocycles. The Balaban J connectivity index is 2.37. The van der Waals surface area contributed by atoms with E-state index in [1.165, 1.54) is 0 Å². The molecule has 0 radical (unpaired) electrons. The van der Waals surface area contributed by atoms with Crippen molar-refractivity contribution in [3.8, 4) is 0 Å². The van der Waals surface area contributed by atoms with Gasteiger partial charge in [-0.25, -0.2) is 17.6 Å². The molecule has 0 spiro atoms. The van der Waals surface area contributed by atoms with Crippen LogP contribution >= 0.6 is 0 Å². The predicted molar refractivity (Wildman–Crippen MR) is 70.1 cm³/mol. The molecule has 0 aliphatic rings. The monoisotopic (exact) mass is 297 g/mol. The van der Waals surface area contributed by atoms with Crippen LogP contribution in [-0.2, 0) is 0 Å². The second kappa shape index (κ2) is 5.55. The van der Waals surface area contributed by atoms with Crippen LogP contribution in [-0.4, -0.2) is 5.91 Å². The first-order chi connectivity index (χ1) is 9.81. The number of carbonyl (C=O) groups is 1. The highest BCUT2D eigenvalue weighted by molar-refractivity contribution is 6.04. The van der Waals surface area contributed by atoms with Crippen molar-refractivity contribution in [2.75, 3.05) is 5.32 Å². The van der Waals surface area contributed by atoms with Crippen LogP contribution in [0.15, 0.2) is 24.3 Å². The van der Waals surface area contributed by atoms with Crippen LogP contribution in [0.4, 0.5) is 23.2 Å². The zero-order valence-electron chi connectivity index (χ0n) is 11.2. The van der Waals surface area contributed by atoms with Gasteiger partial charge in [0.05, 0.1) is 5.56 Å². The molecule has 0 saturated heterocycles. The molecule has 110 valence electrons. The lowest BCUT2D eigenvalue weighted by Crippen LogP contribution is -2.16. The number of halogens is 4. The standard InChI is InChI=1S/C15H11F4NO/c1-7-3-4-11(8(2)5-7)20-15(21)9-6-10(16)13(18)14(19)12(9)17/h3-6H,1-2H3,(H,20,21). The number of amides is 1. The minimum Gasteiger partial charge on any atom is -0.322 e. The Hall–Kier alpha value is -2.37. The Labute approximate surface area is 118 Å². The molecule has 1 N–H and O–H groups in total. The van der Waals surface area contributed by atoms with Gasteiger partial charge >= 0.3 is 0 Å². The number of hydrogen-bond acceptors (Lipinski definition) is 1. The minimum absolute atomic E-state index is 0.326. The fourth-order valence-electron chi connectivity index (χ4n) is 1.88. The van der Waals surface area contributed by atoms with Gasteiger partial charge in [-0.2, -0.15) is 0 Å². The van der Waals surface area contributed by atoms with E-state index in [0.717, 1.165) is 5.56 Å². The highest BCUT2D eigenvalue weighted by Crippen LogP contribution is 2.21. The second-order valence-corrected chi connectivity index (χ2v) is 4.62. The van der Waals surface area contributed by atoms with Crippen molar-refractivity contribution in [3.05, 3.63) is 64.2 Å². The van der Waals surface area contributed by atoms with Crippen molar-refractivity contribution in [2.24, 2.45) is 0 Å². The summed E-state index contributed by atoms with van der Waals surface area (Å²) in [4.78, 5) is 11.9. The molecule has 0 aliphatic heterocycles. The molecule has 0 heterocycles. The molecular formula is C15H11F4NO. The molecule has 2 aromatic rings. The summed E-state index contributed by atoms with van der Waals surface area (Å²) in [7, 11) is 0. The molecule has 21 heavy (non-hydrogen) atoms. The number of hydrogen-bond donors (Lipinski definition) is 1. The van der Waals surface area contributed by atoms with Gasteiger partial charge in [0.1, 0.15) is 0 Å². The summed E-state index contributed by atoms with van der Waals surface area (Å²) in [5, 5.41) is 2.33. The molecule has 0 bridgehead atoms. The average molecular weight is 297 g/mol. The highest BCUT2D eigenvalue weighted by atomic mass is 19.2. The average Bonchev–Trinajstić information content (AvgIpc) is 2.43. The van der Waals surface area contributed by atoms with E-state index < -0.39 is 34.7 Å². The maximum Gasteiger partial charge on any atom is 0.258 e. The SMILES string of the molecule is Cc1ccc(NC(=O)c2cc(F)c(F)c(F)c2F)c(C)c1. The van der Waals surface area contributed by atoms with E-state index in [2.05, 4.69) is 5.32 Å². The van der Waals surface area contributed by atoms with Gasteiger partial charge in [0.2, 0.25) is 0 Å². The van der Waals surface area contributed by atoms with Gasteiger partial charge < -0.3 is 5.32 Å². The Morgan fingerprint density at radius 3 is 2.24 bits per heavy atom. The Bertz CT molecular complexity index is 728. The molecule has 6 heteroatoms. The first-order valence-electron chi connectivity index (χ1n) is 6.03. The van der Waals surface area contributed by atoms with Crippen molar-refractivity contribution < 1.29 is 22.4 Å². The summed E-state index contributed by atoms with van der Waals surface area (Å²) < 4.78 is 52.6. The summed E-state index contributed by atoms with van der Waals surface area (Å²) in [5.74, 6) is -8.37. The number of anilines is 1. The van der Waals surface area contributed by atoms with Crippen LogP contribution < -0.4 is 5.32 Å². The summed E-state index contributed by atoms with van der Waals surface area (Å²) in [6.07, 6.45) is 0. The first kappa shape index (κ1) is 15.0. The van der Waals surface area contributed by atoms with E-state index in [1.807, 2.05) is 6.92 Å². The lowest BCUT2D eigenvalue weighted by Gasteiger charge is -2.10. The van der Waals surface area contributed by atoms with Crippen LogP contribution in [0.1, 0.15) is 21.5 Å². The van der Waals surface area contributed by atoms with E-state index in [-0.39, 0.29) is 0 Å². The quantitative estimate of drug-likeness (QED) is 0.504. The van der Waals surface area contributed by atoms with Gasteiger partial charge in [-0.05, 0) is 31.5 Å². The topological polar surface area (TPSA) is 29.1 Å². The largest absolute Gasteiger partial charge is 0.322 e. The van der Waals surface area contributed by atoms with Crippen molar-refractivity contribution in [1.29, 1.82) is 0 Å². The zero-order valence-corrected chi connectivity index (χ0v) is 11.2. The number of rotatable bonds is 2. The van der Waals surface area contributed by atoms with Crippen molar-refractivity contribution in [3.63, 3.8) is 0 Å². The lowest BCUT2D eigenvalue weighted by molar-refractivity contribution is 0.102. The predicted octanol–water partition coefficient (Wildman–Crippen LogP) is 4.11.